The van der Waals surface area contributed by atoms with E-state index in [-0.39, 0.29) is 58.4 Å². The molecule has 2 aliphatic heterocycles. The van der Waals surface area contributed by atoms with Crippen molar-refractivity contribution >= 4 is 17.3 Å². The number of hydrogen-bond acceptors (Lipinski definition) is 12. The maximum absolute atomic E-state index is 13.9. The van der Waals surface area contributed by atoms with Crippen LogP contribution in [0.1, 0.15) is 95.0 Å². The van der Waals surface area contributed by atoms with E-state index in [0.717, 1.165) is 32.4 Å². The van der Waals surface area contributed by atoms with Crippen molar-refractivity contribution in [3.63, 3.8) is 0 Å². The number of benzene rings is 2. The van der Waals surface area contributed by atoms with E-state index in [4.69, 9.17) is 25.0 Å². The van der Waals surface area contributed by atoms with Gasteiger partial charge < -0.3 is 40.4 Å². The Bertz CT molecular complexity index is 1520. The van der Waals surface area contributed by atoms with Crippen LogP contribution < -0.4 is 10.5 Å². The molecular formula is C32H39N3O9. The zero-order chi connectivity index (χ0) is 31.5. The summed E-state index contributed by atoms with van der Waals surface area (Å²) in [6.07, 6.45) is -0.688. The summed E-state index contributed by atoms with van der Waals surface area (Å²) >= 11 is 0. The van der Waals surface area contributed by atoms with E-state index in [9.17, 15) is 30.0 Å². The number of phenolic OH excluding ortho intramolecular Hbond substituents is 2. The van der Waals surface area contributed by atoms with Gasteiger partial charge in [-0.25, -0.2) is 0 Å². The molecule has 0 aromatic heterocycles. The quantitative estimate of drug-likeness (QED) is 0.211. The fraction of sp³-hybridized carbons (Fsp3) is 0.531. The van der Waals surface area contributed by atoms with Gasteiger partial charge in [-0.05, 0) is 39.2 Å². The van der Waals surface area contributed by atoms with E-state index in [1.54, 1.807) is 26.0 Å². The van der Waals surface area contributed by atoms with Crippen molar-refractivity contribution in [2.24, 2.45) is 10.8 Å². The van der Waals surface area contributed by atoms with Crippen LogP contribution in [0, 0.1) is 0 Å². The van der Waals surface area contributed by atoms with E-state index in [1.807, 2.05) is 5.01 Å². The van der Waals surface area contributed by atoms with E-state index in [0.29, 0.717) is 5.71 Å². The van der Waals surface area contributed by atoms with Crippen molar-refractivity contribution in [1.82, 2.24) is 5.01 Å². The Labute approximate surface area is 255 Å². The first-order valence-corrected chi connectivity index (χ1v) is 15.1. The molecule has 0 bridgehead atoms. The Hall–Kier alpha value is -3.55. The highest BCUT2D eigenvalue weighted by Gasteiger charge is 2.49. The molecule has 0 spiro atoms. The number of rotatable bonds is 5. The van der Waals surface area contributed by atoms with Crippen molar-refractivity contribution in [2.75, 3.05) is 20.2 Å². The third-order valence-electron chi connectivity index (χ3n) is 9.44. The summed E-state index contributed by atoms with van der Waals surface area (Å²) < 4.78 is 17.6. The van der Waals surface area contributed by atoms with Gasteiger partial charge in [0.05, 0.1) is 47.8 Å². The predicted octanol–water partition coefficient (Wildman–Crippen LogP) is 2.30. The van der Waals surface area contributed by atoms with Crippen LogP contribution >= 0.6 is 0 Å². The molecule has 6 N–H and O–H groups in total. The number of hydrazone groups is 1. The highest BCUT2D eigenvalue weighted by molar-refractivity contribution is 6.31. The number of aromatic hydroxyl groups is 2. The summed E-state index contributed by atoms with van der Waals surface area (Å²) in [6.45, 7) is 4.86. The van der Waals surface area contributed by atoms with Crippen LogP contribution in [-0.4, -0.2) is 93.1 Å². The smallest absolute Gasteiger partial charge is 0.202 e. The molecule has 2 aromatic carbocycles. The van der Waals surface area contributed by atoms with Crippen molar-refractivity contribution < 1.29 is 44.2 Å². The molecule has 2 saturated heterocycles. The van der Waals surface area contributed by atoms with Gasteiger partial charge in [-0.15, -0.1) is 0 Å². The molecule has 0 radical (unpaired) electrons. The molecule has 236 valence electrons. The first-order chi connectivity index (χ1) is 20.9. The minimum atomic E-state index is -1.64. The number of ether oxygens (including phenoxy) is 3. The number of ketones is 2. The maximum atomic E-state index is 13.9. The van der Waals surface area contributed by atoms with Crippen LogP contribution in [0.25, 0.3) is 0 Å². The third-order valence-corrected chi connectivity index (χ3v) is 9.44. The van der Waals surface area contributed by atoms with Gasteiger partial charge in [-0.3, -0.25) is 14.6 Å². The van der Waals surface area contributed by atoms with Gasteiger partial charge >= 0.3 is 0 Å². The second kappa shape index (κ2) is 11.4. The highest BCUT2D eigenvalue weighted by Crippen LogP contribution is 2.52. The summed E-state index contributed by atoms with van der Waals surface area (Å²) in [5, 5.41) is 52.5. The van der Waals surface area contributed by atoms with Crippen LogP contribution in [0.5, 0.6) is 17.2 Å². The minimum Gasteiger partial charge on any atom is -0.507 e. The van der Waals surface area contributed by atoms with Gasteiger partial charge in [0, 0.05) is 55.1 Å². The number of fused-ring (bicyclic) bond motifs is 3. The first-order valence-electron chi connectivity index (χ1n) is 15.1. The monoisotopic (exact) mass is 609 g/mol. The lowest BCUT2D eigenvalue weighted by Crippen LogP contribution is -2.52. The molecule has 6 rings (SSSR count). The number of nitrogens with zero attached hydrogens (tertiary/aromatic N) is 2. The van der Waals surface area contributed by atoms with Gasteiger partial charge in [0.1, 0.15) is 22.8 Å². The molecule has 0 saturated carbocycles. The second-order valence-corrected chi connectivity index (χ2v) is 12.3. The summed E-state index contributed by atoms with van der Waals surface area (Å²) in [7, 11) is 1.37. The largest absolute Gasteiger partial charge is 0.507 e. The Kier molecular flexibility index (Phi) is 7.91. The van der Waals surface area contributed by atoms with Crippen LogP contribution in [0.2, 0.25) is 0 Å². The summed E-state index contributed by atoms with van der Waals surface area (Å²) in [4.78, 5) is 27.7. The van der Waals surface area contributed by atoms with Crippen LogP contribution in [0.15, 0.2) is 23.3 Å². The second-order valence-electron chi connectivity index (χ2n) is 12.3. The lowest BCUT2D eigenvalue weighted by molar-refractivity contribution is -0.245. The number of hydrogen-bond donors (Lipinski definition) is 5. The highest BCUT2D eigenvalue weighted by atomic mass is 16.7. The van der Waals surface area contributed by atoms with Crippen LogP contribution in [-0.2, 0) is 15.9 Å². The van der Waals surface area contributed by atoms with Gasteiger partial charge in [0.25, 0.3) is 0 Å². The Morgan fingerprint density at radius 3 is 2.48 bits per heavy atom. The molecular weight excluding hydrogens is 570 g/mol. The Morgan fingerprint density at radius 2 is 1.80 bits per heavy atom. The molecule has 2 unspecified atom stereocenters. The van der Waals surface area contributed by atoms with E-state index < -0.39 is 59.3 Å². The predicted molar refractivity (Wildman–Crippen MR) is 158 cm³/mol. The number of aliphatic hydroxyl groups excluding tert-OH is 1. The average Bonchev–Trinajstić information content (AvgIpc) is 3.00. The fourth-order valence-corrected chi connectivity index (χ4v) is 6.95. The number of methoxy groups -OCH3 is 1. The molecule has 44 heavy (non-hydrogen) atoms. The lowest BCUT2D eigenvalue weighted by Gasteiger charge is -2.43. The number of carbonyl (C=O) groups excluding carboxylic acids is 2. The lowest BCUT2D eigenvalue weighted by atomic mass is 9.71. The zero-order valence-electron chi connectivity index (χ0n) is 25.1. The fourth-order valence-electron chi connectivity index (χ4n) is 6.95. The SMILES string of the molecule is COc1cccc2c1C(=O)c1c(O)c3c(c(O)c1C2=O)CC(O)(/C(C)=N/N1CCCCC1)CC3O[C@@H]1C[C@@H](N)[C@@H](O)[C@@H](C)O1. The average molecular weight is 610 g/mol. The maximum Gasteiger partial charge on any atom is 0.202 e. The molecule has 2 aromatic rings. The third kappa shape index (κ3) is 4.94. The van der Waals surface area contributed by atoms with E-state index in [2.05, 4.69) is 0 Å². The first kappa shape index (κ1) is 30.5. The van der Waals surface area contributed by atoms with Crippen molar-refractivity contribution in [1.29, 1.82) is 0 Å². The standard InChI is InChI=1S/C32H39N3O9/c1-15-27(36)19(33)12-22(43-15)44-21-14-32(41,16(2)34-35-10-5-4-6-11-35)13-18-24(21)31(40)26-25(29(18)38)28(37)17-8-7-9-20(42-3)23(17)30(26)39/h7-9,15,19,21-22,27,36,38,40-41H,4-6,10-14,33H2,1-3H3/b34-16+/t15-,19-,21?,22-,27+,32?/m1/s1. The molecule has 0 amide bonds. The number of nitrogens with two attached hydrogens (primary N) is 1. The Balaban J connectivity index is 1.49. The molecule has 2 heterocycles. The van der Waals surface area contributed by atoms with Crippen molar-refractivity contribution in [2.45, 2.75) is 88.6 Å². The number of piperidine rings is 1. The zero-order valence-corrected chi connectivity index (χ0v) is 25.1. The van der Waals surface area contributed by atoms with Gasteiger partial charge in [-0.2, -0.15) is 5.10 Å². The molecule has 2 aliphatic carbocycles. The van der Waals surface area contributed by atoms with Gasteiger partial charge in [-0.1, -0.05) is 12.1 Å². The van der Waals surface area contributed by atoms with Crippen molar-refractivity contribution in [3.8, 4) is 17.2 Å². The molecule has 6 atom stereocenters. The molecule has 2 fully saturated rings. The number of phenols is 2. The summed E-state index contributed by atoms with van der Waals surface area (Å²) in [5.41, 5.74) is 4.38. The summed E-state index contributed by atoms with van der Waals surface area (Å²) in [5.74, 6) is -2.21. The van der Waals surface area contributed by atoms with Crippen molar-refractivity contribution in [3.05, 3.63) is 51.6 Å². The van der Waals surface area contributed by atoms with Gasteiger partial charge in [0.15, 0.2) is 12.1 Å². The van der Waals surface area contributed by atoms with E-state index in [1.165, 1.54) is 13.2 Å². The summed E-state index contributed by atoms with van der Waals surface area (Å²) in [6, 6.07) is 3.93. The van der Waals surface area contributed by atoms with E-state index >= 15 is 0 Å². The molecule has 12 heteroatoms. The van der Waals surface area contributed by atoms with Crippen LogP contribution in [0.3, 0.4) is 0 Å². The Morgan fingerprint density at radius 1 is 1.09 bits per heavy atom. The topological polar surface area (TPSA) is 184 Å². The number of carbonyl (C=O) groups is 2. The van der Waals surface area contributed by atoms with Gasteiger partial charge in [0.2, 0.25) is 5.78 Å². The molecule has 12 nitrogen and oxygen atoms in total. The van der Waals surface area contributed by atoms with Crippen LogP contribution in [0.4, 0.5) is 0 Å². The normalized spacial score (nSPS) is 30.5. The minimum absolute atomic E-state index is 0.0131. The number of aliphatic hydroxyl groups is 2. The molecule has 4 aliphatic rings.